The summed E-state index contributed by atoms with van der Waals surface area (Å²) in [5.41, 5.74) is 0. The summed E-state index contributed by atoms with van der Waals surface area (Å²) in [7, 11) is -1.73. The fraction of sp³-hybridized carbons (Fsp3) is 1.00. The molecule has 0 aliphatic rings. The first-order valence-corrected chi connectivity index (χ1v) is 7.10. The van der Waals surface area contributed by atoms with Crippen molar-refractivity contribution in [2.24, 2.45) is 5.40 Å². The molecule has 0 heterocycles. The van der Waals surface area contributed by atoms with Gasteiger partial charge in [0.2, 0.25) is 7.55 Å². The van der Waals surface area contributed by atoms with Crippen molar-refractivity contribution in [1.29, 1.82) is 0 Å². The number of hydrogen-bond donors (Lipinski definition) is 1. The van der Waals surface area contributed by atoms with E-state index in [0.29, 0.717) is 0 Å². The summed E-state index contributed by atoms with van der Waals surface area (Å²) in [6, 6.07) is 2.12. The molecule has 9 heavy (non-hydrogen) atoms. The zero-order valence-corrected chi connectivity index (χ0v) is 8.04. The van der Waals surface area contributed by atoms with E-state index >= 15 is 0 Å². The van der Waals surface area contributed by atoms with Crippen molar-refractivity contribution in [3.05, 3.63) is 0 Å². The number of hydrogen-bond acceptors (Lipinski definition) is 1. The lowest BCUT2D eigenvalue weighted by atomic mass is 10.6. The molecule has 0 unspecified atom stereocenters. The molecule has 0 aliphatic heterocycles. The fourth-order valence-corrected chi connectivity index (χ4v) is 4.00. The van der Waals surface area contributed by atoms with E-state index in [1.807, 2.05) is 0 Å². The lowest BCUT2D eigenvalue weighted by molar-refractivity contribution is 0.991. The van der Waals surface area contributed by atoms with Gasteiger partial charge in [0.25, 0.3) is 0 Å². The Morgan fingerprint density at radius 3 is 1.78 bits per heavy atom. The Balaban J connectivity index is 3.43. The molecule has 3 heteroatoms. The molecule has 0 spiro atoms. The molecule has 0 aromatic heterocycles. The van der Waals surface area contributed by atoms with Crippen molar-refractivity contribution >= 4 is 18.6 Å². The van der Waals surface area contributed by atoms with Crippen LogP contribution in [-0.4, -0.2) is 7.55 Å². The van der Waals surface area contributed by atoms with Gasteiger partial charge in [-0.3, -0.25) is 0 Å². The van der Waals surface area contributed by atoms with Gasteiger partial charge in [-0.15, -0.1) is 11.1 Å². The predicted molar refractivity (Wildman–Crippen MR) is 46.0 cm³/mol. The van der Waals surface area contributed by atoms with Crippen molar-refractivity contribution in [3.63, 3.8) is 0 Å². The molecule has 2 N–H and O–H groups in total. The third-order valence-electron chi connectivity index (χ3n) is 1.33. The van der Waals surface area contributed by atoms with Crippen LogP contribution in [0.4, 0.5) is 0 Å². The second-order valence-electron chi connectivity index (χ2n) is 2.53. The van der Waals surface area contributed by atoms with Crippen molar-refractivity contribution in [3.8, 4) is 0 Å². The van der Waals surface area contributed by atoms with Crippen molar-refractivity contribution < 1.29 is 0 Å². The molecule has 0 amide bonds. The van der Waals surface area contributed by atoms with Gasteiger partial charge < -0.3 is 5.40 Å². The Kier molecular flexibility index (Phi) is 4.53. The maximum absolute atomic E-state index is 6.05. The Hall–Kier alpha value is 0.467. The van der Waals surface area contributed by atoms with Crippen molar-refractivity contribution in [2.45, 2.75) is 38.8 Å². The molecule has 0 radical (unpaired) electrons. The lowest BCUT2D eigenvalue weighted by Crippen LogP contribution is -2.38. The Labute approximate surface area is 63.4 Å². The molecule has 0 saturated heterocycles. The molecule has 0 aliphatic carbocycles. The Bertz CT molecular complexity index is 67.5. The van der Waals surface area contributed by atoms with E-state index in [1.54, 1.807) is 0 Å². The maximum atomic E-state index is 6.05. The average molecular weight is 166 g/mol. The lowest BCUT2D eigenvalue weighted by Gasteiger charge is -2.15. The molecular weight excluding hydrogens is 150 g/mol. The predicted octanol–water partition coefficient (Wildman–Crippen LogP) is 2.45. The van der Waals surface area contributed by atoms with Crippen LogP contribution in [-0.2, 0) is 0 Å². The zero-order chi connectivity index (χ0) is 7.33. The second kappa shape index (κ2) is 4.31. The first-order chi connectivity index (χ1) is 4.12. The van der Waals surface area contributed by atoms with E-state index < -0.39 is 7.55 Å². The monoisotopic (exact) mass is 165 g/mol. The minimum absolute atomic E-state index is 1.06. The number of halogens is 1. The summed E-state index contributed by atoms with van der Waals surface area (Å²) in [5, 5.41) is 5.84. The van der Waals surface area contributed by atoms with E-state index in [4.69, 9.17) is 16.5 Å². The van der Waals surface area contributed by atoms with E-state index in [1.165, 1.54) is 0 Å². The molecule has 1 nitrogen and oxygen atoms in total. The van der Waals surface area contributed by atoms with Crippen LogP contribution >= 0.6 is 11.1 Å². The smallest absolute Gasteiger partial charge is 0.223 e. The summed E-state index contributed by atoms with van der Waals surface area (Å²) >= 11 is 6.05. The highest BCUT2D eigenvalue weighted by molar-refractivity contribution is 7.18. The molecule has 0 rings (SSSR count). The summed E-state index contributed by atoms with van der Waals surface area (Å²) in [6.07, 6.45) is 2.26. The van der Waals surface area contributed by atoms with Gasteiger partial charge in [-0.1, -0.05) is 26.7 Å². The molecule has 0 bridgehead atoms. The molecule has 0 fully saturated rings. The van der Waals surface area contributed by atoms with Gasteiger partial charge in [-0.05, 0) is 12.1 Å². The molecule has 0 aromatic rings. The van der Waals surface area contributed by atoms with Crippen LogP contribution in [0.1, 0.15) is 26.7 Å². The van der Waals surface area contributed by atoms with Crippen LogP contribution in [0.2, 0.25) is 12.1 Å². The van der Waals surface area contributed by atoms with Crippen LogP contribution in [0.25, 0.3) is 0 Å². The molecule has 56 valence electrons. The fourth-order valence-electron chi connectivity index (χ4n) is 0.956. The molecule has 0 saturated carbocycles. The first-order valence-electron chi connectivity index (χ1n) is 3.60. The minimum Gasteiger partial charge on any atom is -0.339 e. The zero-order valence-electron chi connectivity index (χ0n) is 6.28. The van der Waals surface area contributed by atoms with E-state index in [-0.39, 0.29) is 0 Å². The van der Waals surface area contributed by atoms with E-state index in [0.717, 1.165) is 24.9 Å². The maximum Gasteiger partial charge on any atom is 0.223 e. The van der Waals surface area contributed by atoms with Crippen LogP contribution < -0.4 is 5.40 Å². The highest BCUT2D eigenvalue weighted by atomic mass is 35.6. The van der Waals surface area contributed by atoms with Gasteiger partial charge >= 0.3 is 0 Å². The van der Waals surface area contributed by atoms with Gasteiger partial charge in [0.1, 0.15) is 0 Å². The summed E-state index contributed by atoms with van der Waals surface area (Å²) in [5.74, 6) is 0. The van der Waals surface area contributed by atoms with Crippen LogP contribution in [0.15, 0.2) is 0 Å². The minimum atomic E-state index is -1.73. The summed E-state index contributed by atoms with van der Waals surface area (Å²) in [4.78, 5) is 0. The van der Waals surface area contributed by atoms with Gasteiger partial charge in [-0.25, -0.2) is 0 Å². The summed E-state index contributed by atoms with van der Waals surface area (Å²) in [6.45, 7) is 4.26. The Morgan fingerprint density at radius 2 is 1.56 bits per heavy atom. The van der Waals surface area contributed by atoms with E-state index in [2.05, 4.69) is 13.8 Å². The third kappa shape index (κ3) is 4.94. The average Bonchev–Trinajstić information content (AvgIpc) is 1.64. The number of rotatable bonds is 4. The molecule has 0 aromatic carbocycles. The van der Waals surface area contributed by atoms with E-state index in [9.17, 15) is 0 Å². The van der Waals surface area contributed by atoms with Gasteiger partial charge in [0.05, 0.1) is 0 Å². The van der Waals surface area contributed by atoms with Crippen LogP contribution in [0.5, 0.6) is 0 Å². The van der Waals surface area contributed by atoms with Crippen molar-refractivity contribution in [1.82, 2.24) is 0 Å². The summed E-state index contributed by atoms with van der Waals surface area (Å²) < 4.78 is 0. The first kappa shape index (κ1) is 9.47. The highest BCUT2D eigenvalue weighted by Crippen LogP contribution is 2.17. The van der Waals surface area contributed by atoms with Gasteiger partial charge in [-0.2, -0.15) is 0 Å². The second-order valence-corrected chi connectivity index (χ2v) is 7.86. The molecule has 0 atom stereocenters. The normalized spacial score (nSPS) is 12.0. The highest BCUT2D eigenvalue weighted by Gasteiger charge is 2.22. The molecular formula is C6H16ClNSi. The van der Waals surface area contributed by atoms with Crippen molar-refractivity contribution in [2.75, 3.05) is 0 Å². The third-order valence-corrected chi connectivity index (χ3v) is 5.13. The quantitative estimate of drug-likeness (QED) is 0.503. The van der Waals surface area contributed by atoms with Gasteiger partial charge in [0.15, 0.2) is 0 Å². The van der Waals surface area contributed by atoms with Gasteiger partial charge in [0, 0.05) is 0 Å². The Morgan fingerprint density at radius 1 is 1.22 bits per heavy atom. The van der Waals surface area contributed by atoms with Crippen LogP contribution in [0.3, 0.4) is 0 Å². The number of nitrogens with two attached hydrogens (primary N) is 1. The standard InChI is InChI=1S/C6H16ClNSi/c1-3-5-9(7,8)6-4-2/h3-6,8H2,1-2H3. The topological polar surface area (TPSA) is 26.0 Å². The largest absolute Gasteiger partial charge is 0.339 e. The van der Waals surface area contributed by atoms with Crippen LogP contribution in [0, 0.1) is 0 Å². The SMILES string of the molecule is CCC[Si](N)(Cl)CCC.